The van der Waals surface area contributed by atoms with Gasteiger partial charge in [-0.15, -0.1) is 0 Å². The second kappa shape index (κ2) is 5.16. The number of rotatable bonds is 0. The van der Waals surface area contributed by atoms with E-state index in [0.29, 0.717) is 5.41 Å². The Morgan fingerprint density at radius 1 is 1.00 bits per heavy atom. The van der Waals surface area contributed by atoms with Crippen LogP contribution in [0.5, 0.6) is 0 Å². The Morgan fingerprint density at radius 3 is 2.47 bits per heavy atom. The third kappa shape index (κ3) is 4.83. The molecule has 0 aliphatic heterocycles. The van der Waals surface area contributed by atoms with E-state index in [-0.39, 0.29) is 0 Å². The molecule has 0 aromatic carbocycles. The van der Waals surface area contributed by atoms with Crippen molar-refractivity contribution in [1.82, 2.24) is 0 Å². The second-order valence-electron chi connectivity index (χ2n) is 5.19. The molecule has 0 heteroatoms. The van der Waals surface area contributed by atoms with E-state index in [9.17, 15) is 0 Å². The van der Waals surface area contributed by atoms with Crippen LogP contribution in [0.2, 0.25) is 0 Å². The molecule has 1 rings (SSSR count). The van der Waals surface area contributed by atoms with Crippen molar-refractivity contribution in [3.05, 3.63) is 47.6 Å². The van der Waals surface area contributed by atoms with Gasteiger partial charge < -0.3 is 0 Å². The van der Waals surface area contributed by atoms with Crippen LogP contribution in [-0.2, 0) is 0 Å². The van der Waals surface area contributed by atoms with Crippen LogP contribution < -0.4 is 0 Å². The highest BCUT2D eigenvalue weighted by molar-refractivity contribution is 5.27. The van der Waals surface area contributed by atoms with E-state index in [4.69, 9.17) is 0 Å². The molecule has 1 aliphatic rings. The van der Waals surface area contributed by atoms with Crippen molar-refractivity contribution < 1.29 is 0 Å². The number of hydrogen-bond acceptors (Lipinski definition) is 0. The topological polar surface area (TPSA) is 0 Å². The first-order valence-electron chi connectivity index (χ1n) is 5.68. The molecule has 0 aromatic rings. The van der Waals surface area contributed by atoms with Gasteiger partial charge in [0.2, 0.25) is 0 Å². The fraction of sp³-hybridized carbons (Fsp3) is 0.467. The van der Waals surface area contributed by atoms with Crippen LogP contribution in [0, 0.1) is 5.41 Å². The zero-order chi connectivity index (χ0) is 11.3. The van der Waals surface area contributed by atoms with Gasteiger partial charge in [0.15, 0.2) is 0 Å². The Kier molecular flexibility index (Phi) is 4.14. The lowest BCUT2D eigenvalue weighted by molar-refractivity contribution is 0.376. The van der Waals surface area contributed by atoms with Gasteiger partial charge in [-0.05, 0) is 32.1 Å². The average Bonchev–Trinajstić information content (AvgIpc) is 2.15. The molecule has 0 saturated carbocycles. The van der Waals surface area contributed by atoms with Crippen molar-refractivity contribution in [3.8, 4) is 0 Å². The lowest BCUT2D eigenvalue weighted by Gasteiger charge is -2.21. The van der Waals surface area contributed by atoms with Crippen molar-refractivity contribution >= 4 is 0 Å². The quantitative estimate of drug-likeness (QED) is 0.528. The van der Waals surface area contributed by atoms with Gasteiger partial charge in [-0.3, -0.25) is 0 Å². The minimum Gasteiger partial charge on any atom is -0.0837 e. The molecule has 0 unspecified atom stereocenters. The molecule has 0 nitrogen and oxygen atoms in total. The van der Waals surface area contributed by atoms with Crippen molar-refractivity contribution in [2.45, 2.75) is 40.5 Å². The molecule has 0 amide bonds. The highest BCUT2D eigenvalue weighted by atomic mass is 14.2. The molecule has 0 aromatic heterocycles. The van der Waals surface area contributed by atoms with E-state index in [1.807, 2.05) is 0 Å². The van der Waals surface area contributed by atoms with Crippen LogP contribution in [0.25, 0.3) is 0 Å². The van der Waals surface area contributed by atoms with E-state index in [2.05, 4.69) is 64.2 Å². The summed E-state index contributed by atoms with van der Waals surface area (Å²) in [5.41, 5.74) is 3.04. The van der Waals surface area contributed by atoms with Crippen molar-refractivity contribution in [1.29, 1.82) is 0 Å². The van der Waals surface area contributed by atoms with Crippen molar-refractivity contribution in [3.63, 3.8) is 0 Å². The number of allylic oxidation sites excluding steroid dienone is 8. The summed E-state index contributed by atoms with van der Waals surface area (Å²) in [6.07, 6.45) is 15.6. The van der Waals surface area contributed by atoms with Crippen LogP contribution in [0.4, 0.5) is 0 Å². The molecule has 15 heavy (non-hydrogen) atoms. The van der Waals surface area contributed by atoms with Crippen LogP contribution in [0.15, 0.2) is 47.6 Å². The zero-order valence-electron chi connectivity index (χ0n) is 10.4. The van der Waals surface area contributed by atoms with E-state index < -0.39 is 0 Å². The van der Waals surface area contributed by atoms with Crippen LogP contribution in [0.1, 0.15) is 40.5 Å². The maximum Gasteiger partial charge on any atom is -0.0285 e. The fourth-order valence-electron chi connectivity index (χ4n) is 1.56. The maximum atomic E-state index is 2.33. The first-order valence-corrected chi connectivity index (χ1v) is 5.68. The zero-order valence-corrected chi connectivity index (χ0v) is 10.4. The Hall–Kier alpha value is -1.04. The third-order valence-corrected chi connectivity index (χ3v) is 2.75. The lowest BCUT2D eigenvalue weighted by atomic mass is 9.85. The van der Waals surface area contributed by atoms with E-state index in [1.165, 1.54) is 11.1 Å². The third-order valence-electron chi connectivity index (χ3n) is 2.75. The van der Waals surface area contributed by atoms with E-state index in [0.717, 1.165) is 12.8 Å². The van der Waals surface area contributed by atoms with E-state index in [1.54, 1.807) is 0 Å². The summed E-state index contributed by atoms with van der Waals surface area (Å²) in [4.78, 5) is 0. The molecule has 0 atom stereocenters. The van der Waals surface area contributed by atoms with E-state index >= 15 is 0 Å². The maximum absolute atomic E-state index is 2.33. The molecular weight excluding hydrogens is 180 g/mol. The first kappa shape index (κ1) is 12.0. The summed E-state index contributed by atoms with van der Waals surface area (Å²) in [6, 6.07) is 0. The summed E-state index contributed by atoms with van der Waals surface area (Å²) < 4.78 is 0. The van der Waals surface area contributed by atoms with Gasteiger partial charge >= 0.3 is 0 Å². The van der Waals surface area contributed by atoms with Crippen LogP contribution >= 0.6 is 0 Å². The number of hydrogen-bond donors (Lipinski definition) is 0. The smallest absolute Gasteiger partial charge is 0.0285 e. The van der Waals surface area contributed by atoms with Gasteiger partial charge in [0.05, 0.1) is 0 Å². The Balaban J connectivity index is 2.90. The summed E-state index contributed by atoms with van der Waals surface area (Å²) in [6.45, 7) is 8.95. The van der Waals surface area contributed by atoms with Crippen molar-refractivity contribution in [2.75, 3.05) is 0 Å². The highest BCUT2D eigenvalue weighted by Crippen LogP contribution is 2.27. The predicted octanol–water partition coefficient (Wildman–Crippen LogP) is 4.81. The fourth-order valence-corrected chi connectivity index (χ4v) is 1.56. The van der Waals surface area contributed by atoms with Gasteiger partial charge in [0.25, 0.3) is 0 Å². The van der Waals surface area contributed by atoms with Crippen LogP contribution in [0.3, 0.4) is 0 Å². The molecule has 0 fully saturated rings. The van der Waals surface area contributed by atoms with Gasteiger partial charge in [0, 0.05) is 0 Å². The Bertz CT molecular complexity index is 322. The van der Waals surface area contributed by atoms with Crippen LogP contribution in [-0.4, -0.2) is 0 Å². The summed E-state index contributed by atoms with van der Waals surface area (Å²) in [5, 5.41) is 0. The minimum atomic E-state index is 0.371. The molecule has 0 bridgehead atoms. The summed E-state index contributed by atoms with van der Waals surface area (Å²) in [7, 11) is 0. The predicted molar refractivity (Wildman–Crippen MR) is 68.8 cm³/mol. The molecule has 0 saturated heterocycles. The normalized spacial score (nSPS) is 21.6. The van der Waals surface area contributed by atoms with Gasteiger partial charge in [-0.1, -0.05) is 61.4 Å². The summed E-state index contributed by atoms with van der Waals surface area (Å²) >= 11 is 0. The molecule has 1 aliphatic carbocycles. The Labute approximate surface area is 94.1 Å². The molecular formula is C15H22. The summed E-state index contributed by atoms with van der Waals surface area (Å²) in [5.74, 6) is 0. The SMILES string of the molecule is CC1=CC=CC(C)=CCC(C)(C)CC=C1. The standard InChI is InChI=1S/C15H22/c1-13-7-5-8-14(2)10-12-15(3,4)11-6-9-13/h5-10H,11-12H2,1-4H3. The molecule has 0 heterocycles. The second-order valence-corrected chi connectivity index (χ2v) is 5.19. The average molecular weight is 202 g/mol. The largest absolute Gasteiger partial charge is 0.0837 e. The molecule has 82 valence electrons. The molecule has 0 radical (unpaired) electrons. The molecule has 0 spiro atoms. The van der Waals surface area contributed by atoms with Gasteiger partial charge in [0.1, 0.15) is 0 Å². The lowest BCUT2D eigenvalue weighted by Crippen LogP contribution is -2.08. The molecule has 0 N–H and O–H groups in total. The van der Waals surface area contributed by atoms with Gasteiger partial charge in [-0.25, -0.2) is 0 Å². The van der Waals surface area contributed by atoms with Crippen molar-refractivity contribution in [2.24, 2.45) is 5.41 Å². The minimum absolute atomic E-state index is 0.371. The Morgan fingerprint density at radius 2 is 1.73 bits per heavy atom. The highest BCUT2D eigenvalue weighted by Gasteiger charge is 2.13. The van der Waals surface area contributed by atoms with Gasteiger partial charge in [-0.2, -0.15) is 0 Å². The monoisotopic (exact) mass is 202 g/mol. The first-order chi connectivity index (χ1) is 6.99.